The number of benzene rings is 1. The number of ether oxygens (including phenoxy) is 1. The van der Waals surface area contributed by atoms with Crippen molar-refractivity contribution in [3.63, 3.8) is 0 Å². The predicted octanol–water partition coefficient (Wildman–Crippen LogP) is 2.58. The Morgan fingerprint density at radius 3 is 2.85 bits per heavy atom. The number of hydrogen-bond donors (Lipinski definition) is 1. The van der Waals surface area contributed by atoms with Crippen LogP contribution in [-0.2, 0) is 24.8 Å². The van der Waals surface area contributed by atoms with Gasteiger partial charge in [0.05, 0.1) is 22.0 Å². The second kappa shape index (κ2) is 5.96. The molecule has 0 aliphatic heterocycles. The number of nitrogens with zero attached hydrogens (tertiary/aromatic N) is 2. The number of hydrogen-bond acceptors (Lipinski definition) is 4. The average Bonchev–Trinajstić information content (AvgIpc) is 2.79. The maximum Gasteiger partial charge on any atom is 0.340 e. The average molecular weight is 294 g/mol. The van der Waals surface area contributed by atoms with Gasteiger partial charge in [-0.1, -0.05) is 18.5 Å². The van der Waals surface area contributed by atoms with Crippen LogP contribution in [0.25, 0.3) is 0 Å². The Hall–Kier alpha value is -2.01. The van der Waals surface area contributed by atoms with Crippen LogP contribution in [0.3, 0.4) is 0 Å². The van der Waals surface area contributed by atoms with Gasteiger partial charge in [0.2, 0.25) is 0 Å². The van der Waals surface area contributed by atoms with Crippen molar-refractivity contribution < 1.29 is 9.53 Å². The van der Waals surface area contributed by atoms with Crippen molar-refractivity contribution >= 4 is 23.3 Å². The van der Waals surface area contributed by atoms with Gasteiger partial charge in [0, 0.05) is 12.7 Å². The summed E-state index contributed by atoms with van der Waals surface area (Å²) in [5.41, 5.74) is 8.16. The standard InChI is InChI=1S/C14H16ClN3O2/c1-3-10-7-11(18(2)17-10)8-20-14(19)12-6-9(16)4-5-13(12)15/h4-7H,3,8,16H2,1-2H3. The van der Waals surface area contributed by atoms with Crippen molar-refractivity contribution in [2.45, 2.75) is 20.0 Å². The Labute approximate surface area is 122 Å². The lowest BCUT2D eigenvalue weighted by Gasteiger charge is -2.07. The maximum absolute atomic E-state index is 12.0. The number of rotatable bonds is 4. The Morgan fingerprint density at radius 1 is 1.45 bits per heavy atom. The van der Waals surface area contributed by atoms with Gasteiger partial charge in [0.15, 0.2) is 0 Å². The molecule has 20 heavy (non-hydrogen) atoms. The molecule has 0 saturated heterocycles. The smallest absolute Gasteiger partial charge is 0.340 e. The van der Waals surface area contributed by atoms with Crippen LogP contribution >= 0.6 is 11.6 Å². The van der Waals surface area contributed by atoms with Crippen molar-refractivity contribution in [2.75, 3.05) is 5.73 Å². The van der Waals surface area contributed by atoms with Gasteiger partial charge in [-0.25, -0.2) is 4.79 Å². The van der Waals surface area contributed by atoms with Crippen LogP contribution in [0.5, 0.6) is 0 Å². The Morgan fingerprint density at radius 2 is 2.20 bits per heavy atom. The topological polar surface area (TPSA) is 70.1 Å². The number of carbonyl (C=O) groups is 1. The molecule has 0 amide bonds. The third-order valence-electron chi connectivity index (χ3n) is 2.95. The fraction of sp³-hybridized carbons (Fsp3) is 0.286. The molecule has 0 spiro atoms. The number of aryl methyl sites for hydroxylation is 2. The number of nitrogens with two attached hydrogens (primary N) is 1. The van der Waals surface area contributed by atoms with Crippen LogP contribution in [0.4, 0.5) is 5.69 Å². The summed E-state index contributed by atoms with van der Waals surface area (Å²) >= 11 is 5.96. The SMILES string of the molecule is CCc1cc(COC(=O)c2cc(N)ccc2Cl)n(C)n1. The van der Waals surface area contributed by atoms with Crippen molar-refractivity contribution in [2.24, 2.45) is 7.05 Å². The number of esters is 1. The molecule has 0 bridgehead atoms. The summed E-state index contributed by atoms with van der Waals surface area (Å²) in [5.74, 6) is -0.499. The molecule has 0 unspecified atom stereocenters. The van der Waals surface area contributed by atoms with Gasteiger partial charge in [-0.05, 0) is 30.7 Å². The molecule has 0 saturated carbocycles. The van der Waals surface area contributed by atoms with Gasteiger partial charge in [0.25, 0.3) is 0 Å². The largest absolute Gasteiger partial charge is 0.456 e. The van der Waals surface area contributed by atoms with Gasteiger partial charge >= 0.3 is 5.97 Å². The Bertz CT molecular complexity index is 637. The zero-order chi connectivity index (χ0) is 14.7. The van der Waals surface area contributed by atoms with Crippen LogP contribution in [0, 0.1) is 0 Å². The van der Waals surface area contributed by atoms with Crippen LogP contribution in [-0.4, -0.2) is 15.7 Å². The van der Waals surface area contributed by atoms with E-state index in [0.717, 1.165) is 17.8 Å². The fourth-order valence-electron chi connectivity index (χ4n) is 1.80. The lowest BCUT2D eigenvalue weighted by atomic mass is 10.2. The van der Waals surface area contributed by atoms with E-state index in [0.29, 0.717) is 10.7 Å². The van der Waals surface area contributed by atoms with Crippen LogP contribution < -0.4 is 5.73 Å². The first-order valence-electron chi connectivity index (χ1n) is 6.25. The second-order valence-corrected chi connectivity index (χ2v) is 4.83. The van der Waals surface area contributed by atoms with Crippen molar-refractivity contribution in [1.29, 1.82) is 0 Å². The summed E-state index contributed by atoms with van der Waals surface area (Å²) in [6.07, 6.45) is 0.836. The third kappa shape index (κ3) is 3.11. The van der Waals surface area contributed by atoms with Crippen molar-refractivity contribution in [3.05, 3.63) is 46.2 Å². The van der Waals surface area contributed by atoms with Gasteiger partial charge < -0.3 is 10.5 Å². The monoisotopic (exact) mass is 293 g/mol. The fourth-order valence-corrected chi connectivity index (χ4v) is 1.99. The molecule has 2 N–H and O–H groups in total. The van der Waals surface area contributed by atoms with E-state index in [2.05, 4.69) is 5.10 Å². The summed E-state index contributed by atoms with van der Waals surface area (Å²) in [4.78, 5) is 12.0. The van der Waals surface area contributed by atoms with E-state index in [1.165, 1.54) is 6.07 Å². The normalized spacial score (nSPS) is 10.6. The first kappa shape index (κ1) is 14.4. The summed E-state index contributed by atoms with van der Waals surface area (Å²) in [5, 5.41) is 4.61. The lowest BCUT2D eigenvalue weighted by molar-refractivity contribution is 0.0464. The highest BCUT2D eigenvalue weighted by Crippen LogP contribution is 2.20. The summed E-state index contributed by atoms with van der Waals surface area (Å²) in [6, 6.07) is 6.63. The van der Waals surface area contributed by atoms with Crippen molar-refractivity contribution in [1.82, 2.24) is 9.78 Å². The van der Waals surface area contributed by atoms with Gasteiger partial charge in [0.1, 0.15) is 6.61 Å². The summed E-state index contributed by atoms with van der Waals surface area (Å²) < 4.78 is 6.95. The number of carbonyl (C=O) groups excluding carboxylic acids is 1. The van der Waals surface area contributed by atoms with Gasteiger partial charge in [-0.15, -0.1) is 0 Å². The van der Waals surface area contributed by atoms with Crippen molar-refractivity contribution in [3.8, 4) is 0 Å². The maximum atomic E-state index is 12.0. The zero-order valence-corrected chi connectivity index (χ0v) is 12.1. The van der Waals surface area contributed by atoms with E-state index < -0.39 is 5.97 Å². The Balaban J connectivity index is 2.08. The molecule has 1 aromatic carbocycles. The zero-order valence-electron chi connectivity index (χ0n) is 11.4. The molecule has 1 heterocycles. The molecule has 0 fully saturated rings. The molecule has 0 aliphatic carbocycles. The third-order valence-corrected chi connectivity index (χ3v) is 3.28. The lowest BCUT2D eigenvalue weighted by Crippen LogP contribution is -2.09. The Kier molecular flexibility index (Phi) is 4.29. The molecule has 2 rings (SSSR count). The molecule has 0 atom stereocenters. The van der Waals surface area contributed by atoms with E-state index in [4.69, 9.17) is 22.1 Å². The number of aromatic nitrogens is 2. The molecule has 0 radical (unpaired) electrons. The minimum Gasteiger partial charge on any atom is -0.456 e. The first-order chi connectivity index (χ1) is 9.51. The predicted molar refractivity (Wildman–Crippen MR) is 77.6 cm³/mol. The van der Waals surface area contributed by atoms with Gasteiger partial charge in [-0.2, -0.15) is 5.10 Å². The molecule has 1 aromatic heterocycles. The molecule has 6 heteroatoms. The number of nitrogen functional groups attached to an aromatic ring is 1. The summed E-state index contributed by atoms with van der Waals surface area (Å²) in [6.45, 7) is 2.16. The molecular formula is C14H16ClN3O2. The van der Waals surface area contributed by atoms with Gasteiger partial charge in [-0.3, -0.25) is 4.68 Å². The molecule has 5 nitrogen and oxygen atoms in total. The van der Waals surface area contributed by atoms with E-state index in [-0.39, 0.29) is 12.2 Å². The van der Waals surface area contributed by atoms with Crippen LogP contribution in [0.1, 0.15) is 28.7 Å². The van der Waals surface area contributed by atoms with Crippen LogP contribution in [0.2, 0.25) is 5.02 Å². The molecule has 0 aliphatic rings. The molecular weight excluding hydrogens is 278 g/mol. The first-order valence-corrected chi connectivity index (χ1v) is 6.63. The highest BCUT2D eigenvalue weighted by Gasteiger charge is 2.13. The van der Waals surface area contributed by atoms with E-state index in [1.807, 2.05) is 20.0 Å². The number of halogens is 1. The minimum atomic E-state index is -0.499. The highest BCUT2D eigenvalue weighted by molar-refractivity contribution is 6.33. The summed E-state index contributed by atoms with van der Waals surface area (Å²) in [7, 11) is 1.82. The second-order valence-electron chi connectivity index (χ2n) is 4.42. The highest BCUT2D eigenvalue weighted by atomic mass is 35.5. The molecule has 106 valence electrons. The number of anilines is 1. The minimum absolute atomic E-state index is 0.146. The van der Waals surface area contributed by atoms with Crippen LogP contribution in [0.15, 0.2) is 24.3 Å². The van der Waals surface area contributed by atoms with E-state index >= 15 is 0 Å². The van der Waals surface area contributed by atoms with E-state index in [1.54, 1.807) is 16.8 Å². The molecule has 2 aromatic rings. The van der Waals surface area contributed by atoms with E-state index in [9.17, 15) is 4.79 Å². The quantitative estimate of drug-likeness (QED) is 0.695.